The number of hydrogen-bond donors (Lipinski definition) is 1. The molecule has 0 saturated carbocycles. The molecule has 0 radical (unpaired) electrons. The molecule has 0 atom stereocenters. The number of anilines is 1. The molecular formula is C16H16FN3O4. The highest BCUT2D eigenvalue weighted by Crippen LogP contribution is 2.27. The summed E-state index contributed by atoms with van der Waals surface area (Å²) in [5.41, 5.74) is 6.33. The van der Waals surface area contributed by atoms with E-state index in [0.29, 0.717) is 5.69 Å². The number of aromatic nitrogens is 1. The van der Waals surface area contributed by atoms with Crippen molar-refractivity contribution >= 4 is 11.7 Å². The van der Waals surface area contributed by atoms with Gasteiger partial charge in [-0.05, 0) is 18.2 Å². The second-order valence-corrected chi connectivity index (χ2v) is 4.79. The number of halogens is 1. The van der Waals surface area contributed by atoms with Crippen molar-refractivity contribution in [1.82, 2.24) is 4.57 Å². The smallest absolute Gasteiger partial charge is 0.357 e. The van der Waals surface area contributed by atoms with E-state index in [2.05, 4.69) is 4.74 Å². The third-order valence-corrected chi connectivity index (χ3v) is 3.49. The highest BCUT2D eigenvalue weighted by molar-refractivity contribution is 5.95. The molecule has 126 valence electrons. The molecule has 0 amide bonds. The van der Waals surface area contributed by atoms with Crippen molar-refractivity contribution in [3.05, 3.63) is 47.0 Å². The van der Waals surface area contributed by atoms with Crippen LogP contribution in [0.5, 0.6) is 0 Å². The lowest BCUT2D eigenvalue weighted by Gasteiger charge is -2.16. The van der Waals surface area contributed by atoms with E-state index in [1.165, 1.54) is 44.2 Å². The second kappa shape index (κ2) is 7.12. The zero-order valence-electron chi connectivity index (χ0n) is 13.4. The van der Waals surface area contributed by atoms with Gasteiger partial charge < -0.3 is 24.5 Å². The number of nitrogens with two attached hydrogens (primary N) is 1. The molecule has 2 rings (SSSR count). The van der Waals surface area contributed by atoms with Crippen molar-refractivity contribution < 1.29 is 23.4 Å². The van der Waals surface area contributed by atoms with E-state index in [0.717, 1.165) is 0 Å². The molecule has 7 nitrogen and oxygen atoms in total. The maximum Gasteiger partial charge on any atom is 0.357 e. The topological polar surface area (TPSA) is 99.5 Å². The summed E-state index contributed by atoms with van der Waals surface area (Å²) in [6.07, 6.45) is 0.490. The van der Waals surface area contributed by atoms with Crippen LogP contribution in [0.2, 0.25) is 0 Å². The fourth-order valence-electron chi connectivity index (χ4n) is 2.33. The highest BCUT2D eigenvalue weighted by Gasteiger charge is 2.23. The van der Waals surface area contributed by atoms with Crippen LogP contribution in [0, 0.1) is 17.1 Å². The summed E-state index contributed by atoms with van der Waals surface area (Å²) in [7, 11) is 3.97. The van der Waals surface area contributed by atoms with Gasteiger partial charge in [0, 0.05) is 31.7 Å². The molecule has 0 aliphatic carbocycles. The molecule has 2 N–H and O–H groups in total. The van der Waals surface area contributed by atoms with Crippen molar-refractivity contribution in [2.45, 2.75) is 6.29 Å². The number of carbonyl (C=O) groups is 1. The van der Waals surface area contributed by atoms with E-state index < -0.39 is 18.1 Å². The van der Waals surface area contributed by atoms with E-state index in [4.69, 9.17) is 20.5 Å². The summed E-state index contributed by atoms with van der Waals surface area (Å²) >= 11 is 0. The van der Waals surface area contributed by atoms with Crippen molar-refractivity contribution in [3.8, 4) is 11.8 Å². The minimum absolute atomic E-state index is 0.0273. The van der Waals surface area contributed by atoms with Crippen molar-refractivity contribution in [2.24, 2.45) is 0 Å². The molecule has 24 heavy (non-hydrogen) atoms. The van der Waals surface area contributed by atoms with Crippen LogP contribution in [-0.2, 0) is 14.2 Å². The SMILES string of the molecule is COC(=O)c1c(N)c(C#N)cn1-c1ccc(C(OC)OC)c(F)c1. The molecule has 0 fully saturated rings. The molecule has 1 aromatic heterocycles. The van der Waals surface area contributed by atoms with E-state index in [1.807, 2.05) is 6.07 Å². The Morgan fingerprint density at radius 2 is 2.00 bits per heavy atom. The van der Waals surface area contributed by atoms with Crippen LogP contribution in [0.3, 0.4) is 0 Å². The first-order valence-electron chi connectivity index (χ1n) is 6.83. The minimum Gasteiger partial charge on any atom is -0.464 e. The van der Waals surface area contributed by atoms with Crippen LogP contribution in [0.4, 0.5) is 10.1 Å². The zero-order valence-corrected chi connectivity index (χ0v) is 13.4. The first-order chi connectivity index (χ1) is 11.5. The van der Waals surface area contributed by atoms with Crippen LogP contribution in [0.1, 0.15) is 27.9 Å². The Hall–Kier alpha value is -2.89. The number of benzene rings is 1. The number of carbonyl (C=O) groups excluding carboxylic acids is 1. The average Bonchev–Trinajstić information content (AvgIpc) is 2.93. The molecule has 0 saturated heterocycles. The third kappa shape index (κ3) is 2.95. The van der Waals surface area contributed by atoms with Crippen LogP contribution in [0.15, 0.2) is 24.4 Å². The van der Waals surface area contributed by atoms with Crippen LogP contribution in [0.25, 0.3) is 5.69 Å². The summed E-state index contributed by atoms with van der Waals surface area (Å²) in [6, 6.07) is 6.08. The fraction of sp³-hybridized carbons (Fsp3) is 0.250. The Bertz CT molecular complexity index is 806. The number of rotatable bonds is 5. The zero-order chi connectivity index (χ0) is 17.9. The Kier molecular flexibility index (Phi) is 5.18. The van der Waals surface area contributed by atoms with Gasteiger partial charge in [0.1, 0.15) is 11.9 Å². The number of ether oxygens (including phenoxy) is 3. The van der Waals surface area contributed by atoms with E-state index >= 15 is 0 Å². The maximum absolute atomic E-state index is 14.4. The van der Waals surface area contributed by atoms with Crippen LogP contribution < -0.4 is 5.73 Å². The highest BCUT2D eigenvalue weighted by atomic mass is 19.1. The molecule has 8 heteroatoms. The number of esters is 1. The maximum atomic E-state index is 14.4. The number of nitrogen functional groups attached to an aromatic ring is 1. The Balaban J connectivity index is 2.59. The Morgan fingerprint density at radius 3 is 2.50 bits per heavy atom. The average molecular weight is 333 g/mol. The fourth-order valence-corrected chi connectivity index (χ4v) is 2.33. The molecule has 0 unspecified atom stereocenters. The Morgan fingerprint density at radius 1 is 1.33 bits per heavy atom. The normalized spacial score (nSPS) is 10.7. The van der Waals surface area contributed by atoms with Crippen molar-refractivity contribution in [1.29, 1.82) is 5.26 Å². The van der Waals surface area contributed by atoms with Crippen molar-refractivity contribution in [3.63, 3.8) is 0 Å². The summed E-state index contributed by atoms with van der Waals surface area (Å²) in [5.74, 6) is -1.33. The second-order valence-electron chi connectivity index (χ2n) is 4.79. The summed E-state index contributed by atoms with van der Waals surface area (Å²) in [4.78, 5) is 11.9. The molecule has 0 aliphatic heterocycles. The predicted octanol–water partition coefficient (Wildman–Crippen LogP) is 2.15. The standard InChI is InChI=1S/C16H16FN3O4/c1-22-15(21)14-13(19)9(7-18)8-20(14)10-4-5-11(12(17)6-10)16(23-2)24-3/h4-6,8,16H,19H2,1-3H3. The summed E-state index contributed by atoms with van der Waals surface area (Å²) < 4.78 is 30.4. The van der Waals surface area contributed by atoms with Gasteiger partial charge in [-0.1, -0.05) is 0 Å². The predicted molar refractivity (Wildman–Crippen MR) is 83.0 cm³/mol. The summed E-state index contributed by atoms with van der Waals surface area (Å²) in [6.45, 7) is 0. The van der Waals surface area contributed by atoms with Gasteiger partial charge in [0.2, 0.25) is 0 Å². The molecule has 1 aromatic carbocycles. The van der Waals surface area contributed by atoms with Gasteiger partial charge in [-0.15, -0.1) is 0 Å². The van der Waals surface area contributed by atoms with Gasteiger partial charge in [-0.25, -0.2) is 9.18 Å². The van der Waals surface area contributed by atoms with Gasteiger partial charge >= 0.3 is 5.97 Å². The Labute approximate surface area is 137 Å². The lowest BCUT2D eigenvalue weighted by molar-refractivity contribution is -0.107. The monoisotopic (exact) mass is 333 g/mol. The number of methoxy groups -OCH3 is 3. The quantitative estimate of drug-likeness (QED) is 0.665. The van der Waals surface area contributed by atoms with Crippen LogP contribution >= 0.6 is 0 Å². The van der Waals surface area contributed by atoms with E-state index in [9.17, 15) is 9.18 Å². The number of nitriles is 1. The molecule has 2 aromatic rings. The van der Waals surface area contributed by atoms with E-state index in [-0.39, 0.29) is 22.5 Å². The number of hydrogen-bond acceptors (Lipinski definition) is 6. The minimum atomic E-state index is -0.858. The molecule has 0 bridgehead atoms. The molecule has 0 aliphatic rings. The first-order valence-corrected chi connectivity index (χ1v) is 6.83. The lowest BCUT2D eigenvalue weighted by atomic mass is 10.1. The van der Waals surface area contributed by atoms with Gasteiger partial charge in [0.25, 0.3) is 0 Å². The summed E-state index contributed by atoms with van der Waals surface area (Å²) in [5, 5.41) is 9.09. The van der Waals surface area contributed by atoms with E-state index in [1.54, 1.807) is 6.07 Å². The van der Waals surface area contributed by atoms with Crippen LogP contribution in [-0.4, -0.2) is 31.9 Å². The lowest BCUT2D eigenvalue weighted by Crippen LogP contribution is -2.12. The number of nitrogens with zero attached hydrogens (tertiary/aromatic N) is 2. The first kappa shape index (κ1) is 17.5. The molecule has 1 heterocycles. The molecule has 0 spiro atoms. The third-order valence-electron chi connectivity index (χ3n) is 3.49. The largest absolute Gasteiger partial charge is 0.464 e. The van der Waals surface area contributed by atoms with Gasteiger partial charge in [0.15, 0.2) is 12.0 Å². The molecular weight excluding hydrogens is 317 g/mol. The van der Waals surface area contributed by atoms with Gasteiger partial charge in [-0.2, -0.15) is 5.26 Å². The van der Waals surface area contributed by atoms with Gasteiger partial charge in [0.05, 0.1) is 18.4 Å². The van der Waals surface area contributed by atoms with Gasteiger partial charge in [-0.3, -0.25) is 0 Å². The van der Waals surface area contributed by atoms with Crippen molar-refractivity contribution in [2.75, 3.05) is 27.1 Å².